The standard InChI is InChI=1S/C19H21NS/c1-2-6-16(14-9-10-14)15(5-1)13-20-18-11-12-21-19-8-4-3-7-17(18)19/h1-8,14,18,20H,9-13H2. The van der Waals surface area contributed by atoms with Crippen molar-refractivity contribution in [1.82, 2.24) is 5.32 Å². The summed E-state index contributed by atoms with van der Waals surface area (Å²) < 4.78 is 0. The maximum atomic E-state index is 3.80. The van der Waals surface area contributed by atoms with Crippen molar-refractivity contribution in [2.75, 3.05) is 5.75 Å². The number of fused-ring (bicyclic) bond motifs is 1. The van der Waals surface area contributed by atoms with Gasteiger partial charge in [-0.2, -0.15) is 0 Å². The Balaban J connectivity index is 1.51. The van der Waals surface area contributed by atoms with Gasteiger partial charge in [-0.05, 0) is 53.7 Å². The molecule has 2 heteroatoms. The zero-order chi connectivity index (χ0) is 14.1. The lowest BCUT2D eigenvalue weighted by atomic mass is 10.0. The Morgan fingerprint density at radius 2 is 1.67 bits per heavy atom. The van der Waals surface area contributed by atoms with Gasteiger partial charge in [-0.1, -0.05) is 42.5 Å². The highest BCUT2D eigenvalue weighted by atomic mass is 32.2. The molecule has 0 spiro atoms. The predicted molar refractivity (Wildman–Crippen MR) is 89.8 cm³/mol. The van der Waals surface area contributed by atoms with E-state index in [9.17, 15) is 0 Å². The summed E-state index contributed by atoms with van der Waals surface area (Å²) in [7, 11) is 0. The van der Waals surface area contributed by atoms with E-state index in [2.05, 4.69) is 53.8 Å². The van der Waals surface area contributed by atoms with E-state index in [-0.39, 0.29) is 0 Å². The molecule has 0 aromatic heterocycles. The van der Waals surface area contributed by atoms with Crippen LogP contribution in [0, 0.1) is 0 Å². The molecule has 0 bridgehead atoms. The average molecular weight is 295 g/mol. The van der Waals surface area contributed by atoms with Crippen molar-refractivity contribution in [1.29, 1.82) is 0 Å². The Kier molecular flexibility index (Phi) is 3.74. The van der Waals surface area contributed by atoms with Gasteiger partial charge in [-0.25, -0.2) is 0 Å². The molecule has 0 radical (unpaired) electrons. The molecule has 21 heavy (non-hydrogen) atoms. The Morgan fingerprint density at radius 3 is 2.52 bits per heavy atom. The molecule has 1 heterocycles. The largest absolute Gasteiger partial charge is 0.306 e. The van der Waals surface area contributed by atoms with Crippen LogP contribution in [-0.2, 0) is 6.54 Å². The maximum Gasteiger partial charge on any atom is 0.0342 e. The first-order valence-corrected chi connectivity index (χ1v) is 8.93. The predicted octanol–water partition coefficient (Wildman–Crippen LogP) is 4.89. The van der Waals surface area contributed by atoms with E-state index >= 15 is 0 Å². The van der Waals surface area contributed by atoms with E-state index in [0.29, 0.717) is 6.04 Å². The summed E-state index contributed by atoms with van der Waals surface area (Å²) in [4.78, 5) is 1.46. The van der Waals surface area contributed by atoms with Crippen molar-refractivity contribution in [2.24, 2.45) is 0 Å². The van der Waals surface area contributed by atoms with Gasteiger partial charge in [-0.3, -0.25) is 0 Å². The number of rotatable bonds is 4. The SMILES string of the molecule is c1ccc(C2CC2)c(CNC2CCSc3ccccc32)c1. The molecule has 0 saturated heterocycles. The quantitative estimate of drug-likeness (QED) is 0.862. The van der Waals surface area contributed by atoms with Crippen LogP contribution < -0.4 is 5.32 Å². The van der Waals surface area contributed by atoms with Crippen LogP contribution in [0.5, 0.6) is 0 Å². The molecule has 2 aromatic carbocycles. The molecule has 1 aliphatic carbocycles. The Bertz CT molecular complexity index is 633. The number of thioether (sulfide) groups is 1. The Hall–Kier alpha value is -1.25. The molecule has 0 amide bonds. The first kappa shape index (κ1) is 13.4. The fourth-order valence-electron chi connectivity index (χ4n) is 3.28. The molecule has 4 rings (SSSR count). The fourth-order valence-corrected chi connectivity index (χ4v) is 4.40. The molecule has 1 saturated carbocycles. The smallest absolute Gasteiger partial charge is 0.0342 e. The summed E-state index contributed by atoms with van der Waals surface area (Å²) in [5.41, 5.74) is 4.55. The first-order valence-electron chi connectivity index (χ1n) is 7.95. The highest BCUT2D eigenvalue weighted by Crippen LogP contribution is 2.42. The second-order valence-electron chi connectivity index (χ2n) is 6.08. The molecule has 2 aromatic rings. The molecule has 1 N–H and O–H groups in total. The second kappa shape index (κ2) is 5.86. The third-order valence-electron chi connectivity index (χ3n) is 4.57. The van der Waals surface area contributed by atoms with Crippen molar-refractivity contribution < 1.29 is 0 Å². The summed E-state index contributed by atoms with van der Waals surface area (Å²) in [6.45, 7) is 0.996. The minimum Gasteiger partial charge on any atom is -0.306 e. The van der Waals surface area contributed by atoms with Crippen molar-refractivity contribution in [3.63, 3.8) is 0 Å². The van der Waals surface area contributed by atoms with E-state index in [1.165, 1.54) is 41.0 Å². The Labute approximate surface area is 131 Å². The van der Waals surface area contributed by atoms with Gasteiger partial charge in [0.05, 0.1) is 0 Å². The first-order chi connectivity index (χ1) is 10.4. The van der Waals surface area contributed by atoms with Gasteiger partial charge >= 0.3 is 0 Å². The van der Waals surface area contributed by atoms with Crippen LogP contribution in [0.4, 0.5) is 0 Å². The van der Waals surface area contributed by atoms with Gasteiger partial charge in [0.15, 0.2) is 0 Å². The average Bonchev–Trinajstić information content (AvgIpc) is 3.38. The minimum atomic E-state index is 0.509. The number of benzene rings is 2. The number of hydrogen-bond acceptors (Lipinski definition) is 2. The zero-order valence-electron chi connectivity index (χ0n) is 12.2. The third-order valence-corrected chi connectivity index (χ3v) is 5.69. The second-order valence-corrected chi connectivity index (χ2v) is 7.22. The van der Waals surface area contributed by atoms with Gasteiger partial charge in [-0.15, -0.1) is 11.8 Å². The molecule has 1 aliphatic heterocycles. The van der Waals surface area contributed by atoms with E-state index in [0.717, 1.165) is 12.5 Å². The van der Waals surface area contributed by atoms with E-state index in [4.69, 9.17) is 0 Å². The van der Waals surface area contributed by atoms with Gasteiger partial charge < -0.3 is 5.32 Å². The molecular formula is C19H21NS. The van der Waals surface area contributed by atoms with Crippen LogP contribution >= 0.6 is 11.8 Å². The van der Waals surface area contributed by atoms with E-state index < -0.39 is 0 Å². The third kappa shape index (κ3) is 2.88. The monoisotopic (exact) mass is 295 g/mol. The zero-order valence-corrected chi connectivity index (χ0v) is 13.0. The summed E-state index contributed by atoms with van der Waals surface area (Å²) >= 11 is 1.99. The highest BCUT2D eigenvalue weighted by molar-refractivity contribution is 7.99. The van der Waals surface area contributed by atoms with Crippen LogP contribution in [0.1, 0.15) is 47.9 Å². The number of hydrogen-bond donors (Lipinski definition) is 1. The lowest BCUT2D eigenvalue weighted by Gasteiger charge is -2.26. The molecule has 1 nitrogen and oxygen atoms in total. The van der Waals surface area contributed by atoms with Crippen molar-refractivity contribution in [2.45, 2.75) is 42.7 Å². The Morgan fingerprint density at radius 1 is 0.905 bits per heavy atom. The molecule has 108 valence electrons. The molecule has 1 fully saturated rings. The van der Waals surface area contributed by atoms with Crippen LogP contribution in [0.25, 0.3) is 0 Å². The fraction of sp³-hybridized carbons (Fsp3) is 0.368. The lowest BCUT2D eigenvalue weighted by molar-refractivity contribution is 0.508. The van der Waals surface area contributed by atoms with E-state index in [1.807, 2.05) is 11.8 Å². The summed E-state index contributed by atoms with van der Waals surface area (Å²) in [6, 6.07) is 18.3. The normalized spacial score (nSPS) is 21.0. The molecule has 1 unspecified atom stereocenters. The van der Waals surface area contributed by atoms with Gasteiger partial charge in [0.2, 0.25) is 0 Å². The highest BCUT2D eigenvalue weighted by Gasteiger charge is 2.26. The van der Waals surface area contributed by atoms with Crippen molar-refractivity contribution in [3.05, 3.63) is 65.2 Å². The van der Waals surface area contributed by atoms with Crippen LogP contribution in [0.15, 0.2) is 53.4 Å². The lowest BCUT2D eigenvalue weighted by Crippen LogP contribution is -2.24. The van der Waals surface area contributed by atoms with Crippen molar-refractivity contribution >= 4 is 11.8 Å². The van der Waals surface area contributed by atoms with Gasteiger partial charge in [0.1, 0.15) is 0 Å². The van der Waals surface area contributed by atoms with E-state index in [1.54, 1.807) is 5.56 Å². The maximum absolute atomic E-state index is 3.80. The number of nitrogens with one attached hydrogen (secondary N) is 1. The van der Waals surface area contributed by atoms with Crippen molar-refractivity contribution in [3.8, 4) is 0 Å². The summed E-state index contributed by atoms with van der Waals surface area (Å²) in [6.07, 6.45) is 3.98. The van der Waals surface area contributed by atoms with Crippen LogP contribution in [-0.4, -0.2) is 5.75 Å². The summed E-state index contributed by atoms with van der Waals surface area (Å²) in [5.74, 6) is 2.05. The van der Waals surface area contributed by atoms with Crippen LogP contribution in [0.2, 0.25) is 0 Å². The van der Waals surface area contributed by atoms with Gasteiger partial charge in [0.25, 0.3) is 0 Å². The minimum absolute atomic E-state index is 0.509. The summed E-state index contributed by atoms with van der Waals surface area (Å²) in [5, 5.41) is 3.80. The molecular weight excluding hydrogens is 274 g/mol. The van der Waals surface area contributed by atoms with Gasteiger partial charge in [0, 0.05) is 17.5 Å². The topological polar surface area (TPSA) is 12.0 Å². The molecule has 1 atom stereocenters. The molecule has 2 aliphatic rings. The van der Waals surface area contributed by atoms with Crippen LogP contribution in [0.3, 0.4) is 0 Å².